The van der Waals surface area contributed by atoms with Crippen LogP contribution in [0, 0.1) is 0 Å². The van der Waals surface area contributed by atoms with Gasteiger partial charge in [-0.3, -0.25) is 9.78 Å². The zero-order valence-corrected chi connectivity index (χ0v) is 11.9. The Balaban J connectivity index is 2.14. The van der Waals surface area contributed by atoms with Crippen LogP contribution in [0.25, 0.3) is 0 Å². The van der Waals surface area contributed by atoms with Gasteiger partial charge in [0.25, 0.3) is 5.91 Å². The summed E-state index contributed by atoms with van der Waals surface area (Å²) in [7, 11) is 1.76. The highest BCUT2D eigenvalue weighted by Crippen LogP contribution is 2.10. The molecule has 1 heterocycles. The molecule has 0 saturated carbocycles. The van der Waals surface area contributed by atoms with Gasteiger partial charge in [-0.25, -0.2) is 0 Å². The minimum atomic E-state index is -0.0695. The molecule has 1 amide bonds. The molecule has 0 bridgehead atoms. The Morgan fingerprint density at radius 1 is 1.25 bits per heavy atom. The van der Waals surface area contributed by atoms with Crippen molar-refractivity contribution in [1.29, 1.82) is 0 Å². The molecule has 0 fully saturated rings. The largest absolute Gasteiger partial charge is 0.389 e. The molecule has 2 aromatic rings. The number of hydrogen-bond acceptors (Lipinski definition) is 3. The van der Waals surface area contributed by atoms with E-state index in [1.54, 1.807) is 48.6 Å². The molecule has 0 aliphatic carbocycles. The maximum Gasteiger partial charge on any atom is 0.253 e. The molecule has 20 heavy (non-hydrogen) atoms. The van der Waals surface area contributed by atoms with E-state index in [1.165, 1.54) is 0 Å². The molecule has 2 rings (SSSR count). The minimum Gasteiger partial charge on any atom is -0.389 e. The summed E-state index contributed by atoms with van der Waals surface area (Å²) in [6, 6.07) is 10.8. The molecule has 4 nitrogen and oxygen atoms in total. The normalized spacial score (nSPS) is 10.1. The van der Waals surface area contributed by atoms with E-state index in [-0.39, 0.29) is 10.9 Å². The average molecular weight is 285 g/mol. The van der Waals surface area contributed by atoms with Gasteiger partial charge in [0.2, 0.25) is 0 Å². The quantitative estimate of drug-likeness (QED) is 0.873. The maximum atomic E-state index is 12.4. The summed E-state index contributed by atoms with van der Waals surface area (Å²) < 4.78 is 0. The van der Waals surface area contributed by atoms with Crippen LogP contribution in [0.3, 0.4) is 0 Å². The van der Waals surface area contributed by atoms with E-state index in [0.717, 1.165) is 5.56 Å². The van der Waals surface area contributed by atoms with Crippen molar-refractivity contribution in [3.05, 3.63) is 65.5 Å². The minimum absolute atomic E-state index is 0.0695. The molecule has 1 aromatic heterocycles. The number of pyridine rings is 1. The zero-order chi connectivity index (χ0) is 14.5. The first-order valence-corrected chi connectivity index (χ1v) is 6.53. The van der Waals surface area contributed by atoms with Gasteiger partial charge in [-0.2, -0.15) is 0 Å². The number of rotatable bonds is 4. The smallest absolute Gasteiger partial charge is 0.253 e. The molecule has 2 N–H and O–H groups in total. The molecule has 0 aliphatic rings. The first-order chi connectivity index (χ1) is 9.58. The highest BCUT2D eigenvalue weighted by molar-refractivity contribution is 7.80. The lowest BCUT2D eigenvalue weighted by atomic mass is 10.1. The standard InChI is InChI=1S/C15H15N3OS/c1-18(10-11-5-7-17-8-6-11)15(19)13-4-2-3-12(9-13)14(16)20/h2-9H,10H2,1H3,(H2,16,20). The molecule has 0 saturated heterocycles. The van der Waals surface area contributed by atoms with Gasteiger partial charge in [0.15, 0.2) is 0 Å². The lowest BCUT2D eigenvalue weighted by Gasteiger charge is -2.17. The Labute approximate surface area is 123 Å². The average Bonchev–Trinajstić information content (AvgIpc) is 2.47. The van der Waals surface area contributed by atoms with Crippen molar-refractivity contribution in [3.8, 4) is 0 Å². The van der Waals surface area contributed by atoms with Crippen molar-refractivity contribution in [2.75, 3.05) is 7.05 Å². The Kier molecular flexibility index (Phi) is 4.42. The second kappa shape index (κ2) is 6.25. The second-order valence-corrected chi connectivity index (χ2v) is 4.90. The van der Waals surface area contributed by atoms with Crippen molar-refractivity contribution in [1.82, 2.24) is 9.88 Å². The maximum absolute atomic E-state index is 12.4. The van der Waals surface area contributed by atoms with E-state index in [9.17, 15) is 4.79 Å². The lowest BCUT2D eigenvalue weighted by molar-refractivity contribution is 0.0785. The van der Waals surface area contributed by atoms with Crippen molar-refractivity contribution < 1.29 is 4.79 Å². The summed E-state index contributed by atoms with van der Waals surface area (Å²) in [5, 5.41) is 0. The highest BCUT2D eigenvalue weighted by Gasteiger charge is 2.12. The Morgan fingerprint density at radius 2 is 1.90 bits per heavy atom. The number of aromatic nitrogens is 1. The van der Waals surface area contributed by atoms with Gasteiger partial charge in [0.1, 0.15) is 4.99 Å². The zero-order valence-electron chi connectivity index (χ0n) is 11.1. The monoisotopic (exact) mass is 285 g/mol. The number of carbonyl (C=O) groups excluding carboxylic acids is 1. The Bertz CT molecular complexity index is 628. The summed E-state index contributed by atoms with van der Waals surface area (Å²) in [6.07, 6.45) is 3.42. The van der Waals surface area contributed by atoms with Gasteiger partial charge in [-0.15, -0.1) is 0 Å². The predicted octanol–water partition coefficient (Wildman–Crippen LogP) is 1.99. The number of carbonyl (C=O) groups is 1. The molecule has 0 atom stereocenters. The summed E-state index contributed by atoms with van der Waals surface area (Å²) in [6.45, 7) is 0.526. The molecular formula is C15H15N3OS. The number of hydrogen-bond donors (Lipinski definition) is 1. The molecule has 102 valence electrons. The highest BCUT2D eigenvalue weighted by atomic mass is 32.1. The first-order valence-electron chi connectivity index (χ1n) is 6.12. The van der Waals surface area contributed by atoms with Crippen LogP contribution >= 0.6 is 12.2 Å². The molecule has 0 radical (unpaired) electrons. The molecule has 0 unspecified atom stereocenters. The molecule has 1 aromatic carbocycles. The number of nitrogens with zero attached hydrogens (tertiary/aromatic N) is 2. The van der Waals surface area contributed by atoms with Crippen LogP contribution in [0.2, 0.25) is 0 Å². The van der Waals surface area contributed by atoms with Gasteiger partial charge in [-0.1, -0.05) is 24.4 Å². The second-order valence-electron chi connectivity index (χ2n) is 4.46. The van der Waals surface area contributed by atoms with Gasteiger partial charge >= 0.3 is 0 Å². The summed E-state index contributed by atoms with van der Waals surface area (Å²) in [5.41, 5.74) is 7.88. The fourth-order valence-electron chi connectivity index (χ4n) is 1.86. The van der Waals surface area contributed by atoms with Crippen molar-refractivity contribution in [3.63, 3.8) is 0 Å². The van der Waals surface area contributed by atoms with E-state index in [1.807, 2.05) is 12.1 Å². The molecule has 0 spiro atoms. The Morgan fingerprint density at radius 3 is 2.55 bits per heavy atom. The summed E-state index contributed by atoms with van der Waals surface area (Å²) >= 11 is 4.92. The summed E-state index contributed by atoms with van der Waals surface area (Å²) in [4.78, 5) is 18.2. The predicted molar refractivity (Wildman–Crippen MR) is 82.4 cm³/mol. The lowest BCUT2D eigenvalue weighted by Crippen LogP contribution is -2.26. The van der Waals surface area contributed by atoms with E-state index in [4.69, 9.17) is 18.0 Å². The van der Waals surface area contributed by atoms with Crippen LogP contribution in [0.5, 0.6) is 0 Å². The van der Waals surface area contributed by atoms with Crippen LogP contribution in [-0.4, -0.2) is 27.8 Å². The number of amides is 1. The van der Waals surface area contributed by atoms with E-state index < -0.39 is 0 Å². The first kappa shape index (κ1) is 14.1. The number of nitrogens with two attached hydrogens (primary N) is 1. The third-order valence-electron chi connectivity index (χ3n) is 2.91. The van der Waals surface area contributed by atoms with E-state index in [2.05, 4.69) is 4.98 Å². The van der Waals surface area contributed by atoms with Crippen molar-refractivity contribution >= 4 is 23.1 Å². The van der Waals surface area contributed by atoms with E-state index in [0.29, 0.717) is 17.7 Å². The fraction of sp³-hybridized carbons (Fsp3) is 0.133. The summed E-state index contributed by atoms with van der Waals surface area (Å²) in [5.74, 6) is -0.0695. The van der Waals surface area contributed by atoms with Crippen LogP contribution in [0.4, 0.5) is 0 Å². The van der Waals surface area contributed by atoms with Crippen molar-refractivity contribution in [2.24, 2.45) is 5.73 Å². The molecular weight excluding hydrogens is 270 g/mol. The third kappa shape index (κ3) is 3.39. The van der Waals surface area contributed by atoms with Crippen LogP contribution in [-0.2, 0) is 6.54 Å². The van der Waals surface area contributed by atoms with Crippen LogP contribution < -0.4 is 5.73 Å². The SMILES string of the molecule is CN(Cc1ccncc1)C(=O)c1cccc(C(N)=S)c1. The topological polar surface area (TPSA) is 59.2 Å². The molecule has 5 heteroatoms. The van der Waals surface area contributed by atoms with Crippen molar-refractivity contribution in [2.45, 2.75) is 6.54 Å². The van der Waals surface area contributed by atoms with Gasteiger partial charge in [-0.05, 0) is 29.8 Å². The van der Waals surface area contributed by atoms with E-state index >= 15 is 0 Å². The molecule has 0 aliphatic heterocycles. The Hall–Kier alpha value is -2.27. The van der Waals surface area contributed by atoms with Gasteiger partial charge in [0.05, 0.1) is 0 Å². The third-order valence-corrected chi connectivity index (χ3v) is 3.15. The van der Waals surface area contributed by atoms with Gasteiger partial charge in [0, 0.05) is 37.1 Å². The van der Waals surface area contributed by atoms with Crippen LogP contribution in [0.15, 0.2) is 48.8 Å². The number of thiocarbonyl (C=S) groups is 1. The van der Waals surface area contributed by atoms with Crippen LogP contribution in [0.1, 0.15) is 21.5 Å². The number of benzene rings is 1. The van der Waals surface area contributed by atoms with Gasteiger partial charge < -0.3 is 10.6 Å². The fourth-order valence-corrected chi connectivity index (χ4v) is 1.99.